The fourth-order valence-corrected chi connectivity index (χ4v) is 2.31. The number of amides is 1. The summed E-state index contributed by atoms with van der Waals surface area (Å²) < 4.78 is 4.80. The molecule has 1 amide bonds. The number of rotatable bonds is 3. The molecule has 0 spiro atoms. The Morgan fingerprint density at radius 2 is 2.06 bits per heavy atom. The second kappa shape index (κ2) is 4.41. The van der Waals surface area contributed by atoms with Crippen molar-refractivity contribution in [2.45, 2.75) is 31.2 Å². The molecule has 92 valence electrons. The second-order valence-electron chi connectivity index (χ2n) is 4.16. The third-order valence-electron chi connectivity index (χ3n) is 3.08. The molecule has 0 bridgehead atoms. The molecule has 5 nitrogen and oxygen atoms in total. The first-order valence-corrected chi connectivity index (χ1v) is 5.72. The molecular formula is C11H12ClNO4. The van der Waals surface area contributed by atoms with Crippen molar-refractivity contribution in [1.29, 1.82) is 0 Å². The average molecular weight is 258 g/mol. The largest absolute Gasteiger partial charge is 0.480 e. The Morgan fingerprint density at radius 1 is 1.41 bits per heavy atom. The minimum atomic E-state index is -1.16. The zero-order valence-electron chi connectivity index (χ0n) is 9.03. The number of nitrogens with one attached hydrogen (secondary N) is 1. The molecule has 2 rings (SSSR count). The molecule has 0 aromatic carbocycles. The maximum Gasteiger partial charge on any atom is 0.329 e. The summed E-state index contributed by atoms with van der Waals surface area (Å²) in [6, 6.07) is 1.42. The number of hydrogen-bond donors (Lipinski definition) is 2. The summed E-state index contributed by atoms with van der Waals surface area (Å²) in [4.78, 5) is 23.1. The van der Waals surface area contributed by atoms with Gasteiger partial charge in [-0.25, -0.2) is 4.79 Å². The van der Waals surface area contributed by atoms with Crippen LogP contribution in [0.1, 0.15) is 36.0 Å². The number of carboxylic acids is 1. The van der Waals surface area contributed by atoms with Gasteiger partial charge in [-0.05, 0) is 30.5 Å². The monoisotopic (exact) mass is 257 g/mol. The van der Waals surface area contributed by atoms with Crippen LogP contribution in [0.2, 0.25) is 5.22 Å². The van der Waals surface area contributed by atoms with E-state index in [2.05, 4.69) is 5.32 Å². The van der Waals surface area contributed by atoms with Crippen molar-refractivity contribution < 1.29 is 19.1 Å². The minimum absolute atomic E-state index is 0.0268. The molecule has 0 radical (unpaired) electrons. The number of furan rings is 1. The molecule has 17 heavy (non-hydrogen) atoms. The lowest BCUT2D eigenvalue weighted by Gasteiger charge is -2.24. The molecule has 0 saturated heterocycles. The highest BCUT2D eigenvalue weighted by Crippen LogP contribution is 2.30. The molecule has 1 aromatic heterocycles. The van der Waals surface area contributed by atoms with Crippen molar-refractivity contribution >= 4 is 23.5 Å². The average Bonchev–Trinajstić information content (AvgIpc) is 2.87. The van der Waals surface area contributed by atoms with Gasteiger partial charge in [-0.15, -0.1) is 0 Å². The van der Waals surface area contributed by atoms with Gasteiger partial charge in [-0.2, -0.15) is 0 Å². The Kier molecular flexibility index (Phi) is 3.11. The molecule has 1 aromatic rings. The van der Waals surface area contributed by atoms with Gasteiger partial charge in [0.05, 0.1) is 11.8 Å². The molecule has 2 N–H and O–H groups in total. The maximum atomic E-state index is 11.9. The number of carbonyl (C=O) groups excluding carboxylic acids is 1. The topological polar surface area (TPSA) is 79.5 Å². The first-order chi connectivity index (χ1) is 8.05. The van der Waals surface area contributed by atoms with Crippen LogP contribution < -0.4 is 5.32 Å². The van der Waals surface area contributed by atoms with Crippen LogP contribution in [0.3, 0.4) is 0 Å². The quantitative estimate of drug-likeness (QED) is 0.869. The normalized spacial score (nSPS) is 17.9. The summed E-state index contributed by atoms with van der Waals surface area (Å²) in [7, 11) is 0. The van der Waals surface area contributed by atoms with E-state index in [0.717, 1.165) is 12.8 Å². The van der Waals surface area contributed by atoms with E-state index in [-0.39, 0.29) is 10.8 Å². The van der Waals surface area contributed by atoms with Crippen molar-refractivity contribution in [3.05, 3.63) is 23.1 Å². The van der Waals surface area contributed by atoms with Crippen LogP contribution in [0.25, 0.3) is 0 Å². The molecule has 0 atom stereocenters. The van der Waals surface area contributed by atoms with Gasteiger partial charge in [0.2, 0.25) is 5.22 Å². The van der Waals surface area contributed by atoms with Gasteiger partial charge < -0.3 is 14.8 Å². The summed E-state index contributed by atoms with van der Waals surface area (Å²) in [5.74, 6) is -1.50. The summed E-state index contributed by atoms with van der Waals surface area (Å²) in [6.45, 7) is 0. The SMILES string of the molecule is O=C(NC1(C(=O)O)CCCC1)c1ccoc1Cl. The van der Waals surface area contributed by atoms with Crippen LogP contribution >= 0.6 is 11.6 Å². The Bertz CT molecular complexity index is 448. The zero-order valence-corrected chi connectivity index (χ0v) is 9.79. The van der Waals surface area contributed by atoms with Crippen LogP contribution in [0.4, 0.5) is 0 Å². The summed E-state index contributed by atoms with van der Waals surface area (Å²) in [6.07, 6.45) is 3.78. The van der Waals surface area contributed by atoms with E-state index < -0.39 is 17.4 Å². The maximum absolute atomic E-state index is 11.9. The van der Waals surface area contributed by atoms with Crippen LogP contribution in [0, 0.1) is 0 Å². The first-order valence-electron chi connectivity index (χ1n) is 5.34. The van der Waals surface area contributed by atoms with Crippen LogP contribution in [-0.4, -0.2) is 22.5 Å². The lowest BCUT2D eigenvalue weighted by molar-refractivity contribution is -0.144. The lowest BCUT2D eigenvalue weighted by atomic mass is 9.97. The van der Waals surface area contributed by atoms with E-state index in [9.17, 15) is 14.7 Å². The standard InChI is InChI=1S/C11H12ClNO4/c12-8-7(3-6-17-8)9(14)13-11(10(15)16)4-1-2-5-11/h3,6H,1-2,4-5H2,(H,13,14)(H,15,16). The summed E-state index contributed by atoms with van der Waals surface area (Å²) in [5, 5.41) is 11.7. The van der Waals surface area contributed by atoms with Gasteiger partial charge in [0.25, 0.3) is 5.91 Å². The van der Waals surface area contributed by atoms with Crippen molar-refractivity contribution in [1.82, 2.24) is 5.32 Å². The van der Waals surface area contributed by atoms with E-state index >= 15 is 0 Å². The van der Waals surface area contributed by atoms with E-state index in [0.29, 0.717) is 12.8 Å². The van der Waals surface area contributed by atoms with Gasteiger partial charge in [-0.3, -0.25) is 4.79 Å². The highest BCUT2D eigenvalue weighted by atomic mass is 35.5. The molecule has 1 aliphatic carbocycles. The zero-order chi connectivity index (χ0) is 12.5. The lowest BCUT2D eigenvalue weighted by Crippen LogP contribution is -2.52. The summed E-state index contributed by atoms with van der Waals surface area (Å²) in [5.41, 5.74) is -0.989. The van der Waals surface area contributed by atoms with E-state index in [4.69, 9.17) is 16.0 Å². The predicted octanol–water partition coefficient (Wildman–Crippen LogP) is 2.06. The highest BCUT2D eigenvalue weighted by molar-refractivity contribution is 6.32. The molecule has 1 heterocycles. The smallest absolute Gasteiger partial charge is 0.329 e. The van der Waals surface area contributed by atoms with Crippen LogP contribution in [0.5, 0.6) is 0 Å². The van der Waals surface area contributed by atoms with Crippen molar-refractivity contribution in [3.8, 4) is 0 Å². The van der Waals surface area contributed by atoms with Crippen molar-refractivity contribution in [2.24, 2.45) is 0 Å². The van der Waals surface area contributed by atoms with E-state index in [1.165, 1.54) is 12.3 Å². The number of hydrogen-bond acceptors (Lipinski definition) is 3. The predicted molar refractivity (Wildman–Crippen MR) is 60.0 cm³/mol. The fourth-order valence-electron chi connectivity index (χ4n) is 2.11. The number of halogens is 1. The number of carbonyl (C=O) groups is 2. The van der Waals surface area contributed by atoms with Crippen LogP contribution in [0.15, 0.2) is 16.7 Å². The van der Waals surface area contributed by atoms with Gasteiger partial charge in [-0.1, -0.05) is 12.8 Å². The Labute approximate surface area is 103 Å². The molecule has 1 saturated carbocycles. The third kappa shape index (κ3) is 2.15. The molecular weight excluding hydrogens is 246 g/mol. The Hall–Kier alpha value is -1.49. The van der Waals surface area contributed by atoms with Crippen molar-refractivity contribution in [2.75, 3.05) is 0 Å². The van der Waals surface area contributed by atoms with Gasteiger partial charge >= 0.3 is 5.97 Å². The van der Waals surface area contributed by atoms with Crippen molar-refractivity contribution in [3.63, 3.8) is 0 Å². The second-order valence-corrected chi connectivity index (χ2v) is 4.50. The van der Waals surface area contributed by atoms with E-state index in [1.807, 2.05) is 0 Å². The summed E-state index contributed by atoms with van der Waals surface area (Å²) >= 11 is 5.67. The molecule has 0 unspecified atom stereocenters. The van der Waals surface area contributed by atoms with E-state index in [1.54, 1.807) is 0 Å². The molecule has 0 aliphatic heterocycles. The van der Waals surface area contributed by atoms with Gasteiger partial charge in [0.15, 0.2) is 0 Å². The molecule has 1 fully saturated rings. The van der Waals surface area contributed by atoms with Crippen LogP contribution in [-0.2, 0) is 4.79 Å². The van der Waals surface area contributed by atoms with Gasteiger partial charge in [0.1, 0.15) is 5.54 Å². The third-order valence-corrected chi connectivity index (χ3v) is 3.37. The first kappa shape index (κ1) is 12.0. The van der Waals surface area contributed by atoms with Gasteiger partial charge in [0, 0.05) is 0 Å². The Morgan fingerprint density at radius 3 is 2.53 bits per heavy atom. The fraction of sp³-hybridized carbons (Fsp3) is 0.455. The number of aliphatic carboxylic acids is 1. The highest BCUT2D eigenvalue weighted by Gasteiger charge is 2.43. The minimum Gasteiger partial charge on any atom is -0.480 e. The molecule has 1 aliphatic rings. The Balaban J connectivity index is 2.17. The number of carboxylic acid groups (broad SMARTS) is 1. The molecule has 6 heteroatoms.